The van der Waals surface area contributed by atoms with Gasteiger partial charge in [-0.25, -0.2) is 27.2 Å². The average Bonchev–Trinajstić information content (AvgIpc) is 3.40. The molecule has 0 spiro atoms. The highest BCUT2D eigenvalue weighted by Crippen LogP contribution is 2.35. The summed E-state index contributed by atoms with van der Waals surface area (Å²) in [5, 5.41) is 3.41. The van der Waals surface area contributed by atoms with Crippen LogP contribution >= 0.6 is 0 Å². The molecule has 0 saturated heterocycles. The van der Waals surface area contributed by atoms with Gasteiger partial charge in [0.2, 0.25) is 10.0 Å². The Bertz CT molecular complexity index is 2010. The molecule has 1 aliphatic rings. The zero-order valence-electron chi connectivity index (χ0n) is 26.0. The van der Waals surface area contributed by atoms with Gasteiger partial charge >= 0.3 is 5.97 Å². The molecule has 2 aromatic heterocycles. The highest BCUT2D eigenvalue weighted by Gasteiger charge is 2.25. The Labute approximate surface area is 263 Å². The number of nitrogens with one attached hydrogen (secondary N) is 1. The summed E-state index contributed by atoms with van der Waals surface area (Å²) in [5.74, 6) is 0.173. The lowest BCUT2D eigenvalue weighted by Crippen LogP contribution is -2.24. The molecule has 0 fully saturated rings. The molecule has 9 nitrogen and oxygen atoms in total. The summed E-state index contributed by atoms with van der Waals surface area (Å²) in [6.45, 7) is 8.91. The quantitative estimate of drug-likeness (QED) is 0.218. The third-order valence-electron chi connectivity index (χ3n) is 7.80. The van der Waals surface area contributed by atoms with Crippen LogP contribution in [0.3, 0.4) is 0 Å². The van der Waals surface area contributed by atoms with Crippen molar-refractivity contribution in [2.75, 3.05) is 13.7 Å². The Morgan fingerprint density at radius 1 is 1.04 bits per heavy atom. The standard InChI is InChI=1S/C35H36N4O5S/c1-22-15-24(11-12-27(22)34(40)44-35(2,3)4)29-20-39(45(41,42)21-23-9-7-6-8-10-23)33-32(29)38-30(19-37-33)25-16-26-18-36-14-13-28(26)31(17-25)43-5/h6-12,15-17,19-20,36H,13-14,18,21H2,1-5H3. The molecular formula is C35H36N4O5S. The Balaban J connectivity index is 1.50. The highest BCUT2D eigenvalue weighted by molar-refractivity contribution is 7.89. The molecule has 10 heteroatoms. The van der Waals surface area contributed by atoms with Crippen LogP contribution in [0.25, 0.3) is 33.5 Å². The van der Waals surface area contributed by atoms with Crippen molar-refractivity contribution in [3.8, 4) is 28.1 Å². The molecule has 0 aliphatic carbocycles. The van der Waals surface area contributed by atoms with E-state index in [0.717, 1.165) is 36.4 Å². The van der Waals surface area contributed by atoms with E-state index in [1.54, 1.807) is 43.8 Å². The Morgan fingerprint density at radius 3 is 2.53 bits per heavy atom. The number of rotatable bonds is 7. The first-order valence-corrected chi connectivity index (χ1v) is 16.4. The first-order valence-electron chi connectivity index (χ1n) is 14.8. The van der Waals surface area contributed by atoms with E-state index in [4.69, 9.17) is 14.5 Å². The maximum absolute atomic E-state index is 13.8. The van der Waals surface area contributed by atoms with Crippen LogP contribution in [0.1, 0.15) is 53.4 Å². The van der Waals surface area contributed by atoms with Crippen LogP contribution in [-0.4, -0.2) is 47.6 Å². The number of fused-ring (bicyclic) bond motifs is 2. The van der Waals surface area contributed by atoms with Gasteiger partial charge in [-0.15, -0.1) is 0 Å². The molecule has 0 atom stereocenters. The van der Waals surface area contributed by atoms with Crippen molar-refractivity contribution in [3.63, 3.8) is 0 Å². The van der Waals surface area contributed by atoms with Gasteiger partial charge in [-0.1, -0.05) is 42.5 Å². The van der Waals surface area contributed by atoms with Gasteiger partial charge in [-0.2, -0.15) is 0 Å². The summed E-state index contributed by atoms with van der Waals surface area (Å²) < 4.78 is 40.2. The second kappa shape index (κ2) is 11.8. The molecule has 0 saturated carbocycles. The fourth-order valence-electron chi connectivity index (χ4n) is 5.69. The third-order valence-corrected chi connectivity index (χ3v) is 9.37. The maximum atomic E-state index is 13.8. The van der Waals surface area contributed by atoms with E-state index in [1.807, 2.05) is 58.0 Å². The molecule has 1 aliphatic heterocycles. The summed E-state index contributed by atoms with van der Waals surface area (Å²) in [6, 6.07) is 18.4. The minimum absolute atomic E-state index is 0.202. The minimum atomic E-state index is -3.87. The van der Waals surface area contributed by atoms with E-state index in [1.165, 1.54) is 9.54 Å². The Hall–Kier alpha value is -4.54. The van der Waals surface area contributed by atoms with Gasteiger partial charge in [0.25, 0.3) is 0 Å². The summed E-state index contributed by atoms with van der Waals surface area (Å²) in [5.41, 5.74) is 6.85. The first-order chi connectivity index (χ1) is 21.4. The molecule has 0 unspecified atom stereocenters. The molecule has 0 amide bonds. The van der Waals surface area contributed by atoms with E-state index < -0.39 is 21.6 Å². The lowest BCUT2D eigenvalue weighted by atomic mass is 9.96. The summed E-state index contributed by atoms with van der Waals surface area (Å²) in [4.78, 5) is 22.5. The van der Waals surface area contributed by atoms with E-state index in [0.29, 0.717) is 39.0 Å². The van der Waals surface area contributed by atoms with Gasteiger partial charge in [0.15, 0.2) is 5.65 Å². The van der Waals surface area contributed by atoms with E-state index in [9.17, 15) is 13.2 Å². The molecule has 1 N–H and O–H groups in total. The van der Waals surface area contributed by atoms with E-state index >= 15 is 0 Å². The van der Waals surface area contributed by atoms with Crippen molar-refractivity contribution in [2.45, 2.75) is 52.0 Å². The number of esters is 1. The van der Waals surface area contributed by atoms with Gasteiger partial charge in [-0.05, 0) is 86.7 Å². The van der Waals surface area contributed by atoms with Crippen LogP contribution in [0.5, 0.6) is 5.75 Å². The fourth-order valence-corrected chi connectivity index (χ4v) is 7.10. The number of ether oxygens (including phenoxy) is 2. The average molecular weight is 625 g/mol. The number of carbonyl (C=O) groups excluding carboxylic acids is 1. The molecule has 45 heavy (non-hydrogen) atoms. The lowest BCUT2D eigenvalue weighted by Gasteiger charge is -2.21. The van der Waals surface area contributed by atoms with Gasteiger partial charge in [0.05, 0.1) is 30.3 Å². The maximum Gasteiger partial charge on any atom is 0.338 e. The third kappa shape index (κ3) is 6.21. The number of carbonyl (C=O) groups is 1. The van der Waals surface area contributed by atoms with Crippen LogP contribution in [0, 0.1) is 6.92 Å². The molecular weight excluding hydrogens is 588 g/mol. The van der Waals surface area contributed by atoms with Crippen LogP contribution in [0.15, 0.2) is 73.1 Å². The molecule has 5 aromatic rings. The van der Waals surface area contributed by atoms with Gasteiger partial charge in [0.1, 0.15) is 16.9 Å². The minimum Gasteiger partial charge on any atom is -0.496 e. The molecule has 232 valence electrons. The van der Waals surface area contributed by atoms with Crippen molar-refractivity contribution < 1.29 is 22.7 Å². The predicted molar refractivity (Wildman–Crippen MR) is 175 cm³/mol. The molecule has 3 aromatic carbocycles. The smallest absolute Gasteiger partial charge is 0.338 e. The summed E-state index contributed by atoms with van der Waals surface area (Å²) in [7, 11) is -2.21. The summed E-state index contributed by atoms with van der Waals surface area (Å²) >= 11 is 0. The number of aromatic nitrogens is 3. The molecule has 3 heterocycles. The second-order valence-electron chi connectivity index (χ2n) is 12.3. The van der Waals surface area contributed by atoms with Crippen LogP contribution in [-0.2, 0) is 33.5 Å². The number of hydrogen-bond acceptors (Lipinski definition) is 8. The van der Waals surface area contributed by atoms with Crippen molar-refractivity contribution >= 4 is 27.2 Å². The number of hydrogen-bond donors (Lipinski definition) is 1. The molecule has 0 bridgehead atoms. The SMILES string of the molecule is COc1cc(-c2cnc3c(n2)c(-c2ccc(C(=O)OC(C)(C)C)c(C)c2)cn3S(=O)(=O)Cc2ccccc2)cc2c1CCNC2. The lowest BCUT2D eigenvalue weighted by molar-refractivity contribution is 0.00687. The fraction of sp³-hybridized carbons (Fsp3) is 0.286. The Morgan fingerprint density at radius 2 is 1.82 bits per heavy atom. The number of methoxy groups -OCH3 is 1. The second-order valence-corrected chi connectivity index (χ2v) is 14.1. The van der Waals surface area contributed by atoms with Crippen LogP contribution in [0.4, 0.5) is 0 Å². The normalized spacial score (nSPS) is 13.4. The van der Waals surface area contributed by atoms with E-state index in [2.05, 4.69) is 16.4 Å². The van der Waals surface area contributed by atoms with Crippen LogP contribution < -0.4 is 10.1 Å². The van der Waals surface area contributed by atoms with Crippen LogP contribution in [0.2, 0.25) is 0 Å². The van der Waals surface area contributed by atoms with Gasteiger partial charge in [-0.3, -0.25) is 0 Å². The van der Waals surface area contributed by atoms with Crippen molar-refractivity contribution in [2.24, 2.45) is 0 Å². The topological polar surface area (TPSA) is 112 Å². The van der Waals surface area contributed by atoms with Crippen molar-refractivity contribution in [1.82, 2.24) is 19.3 Å². The van der Waals surface area contributed by atoms with E-state index in [-0.39, 0.29) is 11.4 Å². The Kier molecular flexibility index (Phi) is 7.96. The number of benzene rings is 3. The van der Waals surface area contributed by atoms with Crippen molar-refractivity contribution in [1.29, 1.82) is 0 Å². The van der Waals surface area contributed by atoms with Gasteiger partial charge < -0.3 is 14.8 Å². The number of nitrogens with zero attached hydrogens (tertiary/aromatic N) is 3. The van der Waals surface area contributed by atoms with Crippen molar-refractivity contribution in [3.05, 3.63) is 101 Å². The monoisotopic (exact) mass is 624 g/mol. The first kappa shape index (κ1) is 30.5. The summed E-state index contributed by atoms with van der Waals surface area (Å²) in [6.07, 6.45) is 4.05. The zero-order chi connectivity index (χ0) is 31.9. The molecule has 6 rings (SSSR count). The highest BCUT2D eigenvalue weighted by atomic mass is 32.2. The number of aryl methyl sites for hydroxylation is 1. The van der Waals surface area contributed by atoms with Gasteiger partial charge in [0, 0.05) is 23.9 Å². The zero-order valence-corrected chi connectivity index (χ0v) is 26.9. The predicted octanol–water partition coefficient (Wildman–Crippen LogP) is 6.06. The largest absolute Gasteiger partial charge is 0.496 e. The molecule has 0 radical (unpaired) electrons.